The van der Waals surface area contributed by atoms with E-state index >= 15 is 0 Å². The number of halogens is 2. The molecule has 25 heavy (non-hydrogen) atoms. The Morgan fingerprint density at radius 3 is 2.64 bits per heavy atom. The summed E-state index contributed by atoms with van der Waals surface area (Å²) in [6.07, 6.45) is 3.96. The van der Waals surface area contributed by atoms with Crippen molar-refractivity contribution in [1.82, 2.24) is 20.3 Å². The molecule has 3 aromatic rings. The van der Waals surface area contributed by atoms with Crippen LogP contribution in [0.5, 0.6) is 0 Å². The summed E-state index contributed by atoms with van der Waals surface area (Å²) in [5, 5.41) is 4.47. The van der Waals surface area contributed by atoms with Crippen molar-refractivity contribution in [1.29, 1.82) is 0 Å². The topological polar surface area (TPSA) is 67.8 Å². The molecule has 2 aromatic heterocycles. The first-order valence-electron chi connectivity index (χ1n) is 7.57. The molecule has 0 radical (unpaired) electrons. The second-order valence-electron chi connectivity index (χ2n) is 5.15. The average Bonchev–Trinajstić information content (AvgIpc) is 3.08. The fourth-order valence-electron chi connectivity index (χ4n) is 2.19. The predicted molar refractivity (Wildman–Crippen MR) is 100 cm³/mol. The molecule has 128 valence electrons. The Morgan fingerprint density at radius 1 is 1.20 bits per heavy atom. The zero-order valence-electron chi connectivity index (χ0n) is 13.3. The molecule has 2 heterocycles. The molecular weight excluding hydrogens is 379 g/mol. The number of aromatic nitrogens is 3. The molecular formula is C17H14Cl2N4OS. The van der Waals surface area contributed by atoms with Crippen LogP contribution in [0.25, 0.3) is 10.8 Å². The summed E-state index contributed by atoms with van der Waals surface area (Å²) in [5.74, 6) is 0.341. The molecule has 0 spiro atoms. The van der Waals surface area contributed by atoms with Gasteiger partial charge in [0.2, 0.25) is 0 Å². The van der Waals surface area contributed by atoms with Gasteiger partial charge in [0.25, 0.3) is 5.91 Å². The van der Waals surface area contributed by atoms with Gasteiger partial charge in [-0.3, -0.25) is 4.79 Å². The van der Waals surface area contributed by atoms with Crippen molar-refractivity contribution in [3.63, 3.8) is 0 Å². The Kier molecular flexibility index (Phi) is 5.63. The number of rotatable bonds is 5. The average molecular weight is 393 g/mol. The Labute approximate surface area is 159 Å². The molecule has 0 bridgehead atoms. The molecule has 0 saturated carbocycles. The molecule has 0 atom stereocenters. The van der Waals surface area contributed by atoms with Gasteiger partial charge in [-0.1, -0.05) is 36.2 Å². The predicted octanol–water partition coefficient (Wildman–Crippen LogP) is 4.40. The fourth-order valence-corrected chi connectivity index (χ4v) is 3.53. The van der Waals surface area contributed by atoms with E-state index in [1.54, 1.807) is 30.6 Å². The maximum atomic E-state index is 12.6. The molecule has 0 fully saturated rings. The minimum Gasteiger partial charge on any atom is -0.347 e. The third-order valence-corrected chi connectivity index (χ3v) is 5.26. The lowest BCUT2D eigenvalue weighted by molar-refractivity contribution is 0.0954. The molecule has 0 aliphatic heterocycles. The molecule has 8 heteroatoms. The molecule has 3 rings (SSSR count). The van der Waals surface area contributed by atoms with E-state index in [1.165, 1.54) is 11.3 Å². The van der Waals surface area contributed by atoms with Gasteiger partial charge in [-0.25, -0.2) is 15.0 Å². The first kappa shape index (κ1) is 17.8. The molecule has 0 aliphatic rings. The minimum absolute atomic E-state index is 0.178. The van der Waals surface area contributed by atoms with Crippen molar-refractivity contribution in [2.24, 2.45) is 0 Å². The highest BCUT2D eigenvalue weighted by molar-refractivity contribution is 7.17. The first-order chi connectivity index (χ1) is 12.1. The van der Waals surface area contributed by atoms with Gasteiger partial charge in [-0.15, -0.1) is 11.3 Å². The van der Waals surface area contributed by atoms with Crippen molar-refractivity contribution in [2.75, 3.05) is 0 Å². The quantitative estimate of drug-likeness (QED) is 0.698. The van der Waals surface area contributed by atoms with Crippen molar-refractivity contribution >= 4 is 40.4 Å². The summed E-state index contributed by atoms with van der Waals surface area (Å²) < 4.78 is 0. The fraction of sp³-hybridized carbons (Fsp3) is 0.176. The lowest BCUT2D eigenvalue weighted by Gasteiger charge is -2.06. The SMILES string of the molecule is CCc1nc(-c2ncccn2)sc1C(=O)NCc1ccc(Cl)c(Cl)c1. The van der Waals surface area contributed by atoms with Gasteiger partial charge in [0, 0.05) is 18.9 Å². The lowest BCUT2D eigenvalue weighted by atomic mass is 10.2. The summed E-state index contributed by atoms with van der Waals surface area (Å²) in [4.78, 5) is 26.0. The van der Waals surface area contributed by atoms with E-state index in [1.807, 2.05) is 13.0 Å². The Hall–Kier alpha value is -2.02. The van der Waals surface area contributed by atoms with Gasteiger partial charge in [0.1, 0.15) is 4.88 Å². The molecule has 0 aliphatic carbocycles. The summed E-state index contributed by atoms with van der Waals surface area (Å²) >= 11 is 13.2. The van der Waals surface area contributed by atoms with Crippen LogP contribution >= 0.6 is 34.5 Å². The van der Waals surface area contributed by atoms with Crippen LogP contribution in [0.1, 0.15) is 27.9 Å². The Balaban J connectivity index is 1.77. The van der Waals surface area contributed by atoms with E-state index in [0.29, 0.717) is 38.7 Å². The number of carbonyl (C=O) groups is 1. The second kappa shape index (κ2) is 7.91. The minimum atomic E-state index is -0.178. The summed E-state index contributed by atoms with van der Waals surface area (Å²) in [6, 6.07) is 7.01. The number of aryl methyl sites for hydroxylation is 1. The maximum Gasteiger partial charge on any atom is 0.263 e. The first-order valence-corrected chi connectivity index (χ1v) is 9.15. The van der Waals surface area contributed by atoms with E-state index in [2.05, 4.69) is 20.3 Å². The van der Waals surface area contributed by atoms with Gasteiger partial charge < -0.3 is 5.32 Å². The van der Waals surface area contributed by atoms with Crippen LogP contribution in [0.2, 0.25) is 10.0 Å². The van der Waals surface area contributed by atoms with Crippen LogP contribution in [0.15, 0.2) is 36.7 Å². The molecule has 0 saturated heterocycles. The van der Waals surface area contributed by atoms with Crippen LogP contribution in [-0.4, -0.2) is 20.9 Å². The summed E-state index contributed by atoms with van der Waals surface area (Å²) in [7, 11) is 0. The van der Waals surface area contributed by atoms with E-state index < -0.39 is 0 Å². The summed E-state index contributed by atoms with van der Waals surface area (Å²) in [5.41, 5.74) is 1.61. The van der Waals surface area contributed by atoms with Crippen molar-refractivity contribution < 1.29 is 4.79 Å². The Bertz CT molecular complexity index is 899. The number of nitrogens with one attached hydrogen (secondary N) is 1. The highest BCUT2D eigenvalue weighted by Crippen LogP contribution is 2.26. The van der Waals surface area contributed by atoms with E-state index in [0.717, 1.165) is 11.3 Å². The highest BCUT2D eigenvalue weighted by atomic mass is 35.5. The molecule has 5 nitrogen and oxygen atoms in total. The summed E-state index contributed by atoms with van der Waals surface area (Å²) in [6.45, 7) is 2.31. The van der Waals surface area contributed by atoms with Gasteiger partial charge in [-0.05, 0) is 30.2 Å². The second-order valence-corrected chi connectivity index (χ2v) is 6.97. The van der Waals surface area contributed by atoms with Crippen LogP contribution in [0.3, 0.4) is 0 Å². The highest BCUT2D eigenvalue weighted by Gasteiger charge is 2.18. The van der Waals surface area contributed by atoms with Crippen molar-refractivity contribution in [2.45, 2.75) is 19.9 Å². The molecule has 1 amide bonds. The third-order valence-electron chi connectivity index (χ3n) is 3.43. The van der Waals surface area contributed by atoms with E-state index in [9.17, 15) is 4.79 Å². The molecule has 1 N–H and O–H groups in total. The number of thiazole rings is 1. The van der Waals surface area contributed by atoms with Crippen molar-refractivity contribution in [3.05, 3.63) is 62.8 Å². The van der Waals surface area contributed by atoms with Gasteiger partial charge in [0.15, 0.2) is 10.8 Å². The third kappa shape index (κ3) is 4.15. The normalized spacial score (nSPS) is 10.7. The largest absolute Gasteiger partial charge is 0.347 e. The van der Waals surface area contributed by atoms with Crippen LogP contribution < -0.4 is 5.32 Å². The molecule has 1 aromatic carbocycles. The smallest absolute Gasteiger partial charge is 0.263 e. The number of amides is 1. The van der Waals surface area contributed by atoms with Crippen LogP contribution in [-0.2, 0) is 13.0 Å². The number of benzene rings is 1. The maximum absolute atomic E-state index is 12.6. The lowest BCUT2D eigenvalue weighted by Crippen LogP contribution is -2.22. The Morgan fingerprint density at radius 2 is 1.96 bits per heavy atom. The van der Waals surface area contributed by atoms with Gasteiger partial charge in [-0.2, -0.15) is 0 Å². The number of hydrogen-bond donors (Lipinski definition) is 1. The van der Waals surface area contributed by atoms with Crippen LogP contribution in [0, 0.1) is 0 Å². The molecule has 0 unspecified atom stereocenters. The zero-order chi connectivity index (χ0) is 17.8. The number of hydrogen-bond acceptors (Lipinski definition) is 5. The van der Waals surface area contributed by atoms with Gasteiger partial charge in [0.05, 0.1) is 15.7 Å². The van der Waals surface area contributed by atoms with Crippen molar-refractivity contribution in [3.8, 4) is 10.8 Å². The number of carbonyl (C=O) groups excluding carboxylic acids is 1. The van der Waals surface area contributed by atoms with E-state index in [4.69, 9.17) is 23.2 Å². The number of nitrogens with zero attached hydrogens (tertiary/aromatic N) is 3. The van der Waals surface area contributed by atoms with E-state index in [-0.39, 0.29) is 5.91 Å². The standard InChI is InChI=1S/C17H14Cl2N4OS/c1-2-13-14(25-17(23-13)15-20-6-3-7-21-15)16(24)22-9-10-4-5-11(18)12(19)8-10/h3-8H,2,9H2,1H3,(H,22,24). The monoisotopic (exact) mass is 392 g/mol. The van der Waals surface area contributed by atoms with Crippen LogP contribution in [0.4, 0.5) is 0 Å². The van der Waals surface area contributed by atoms with Gasteiger partial charge >= 0.3 is 0 Å². The zero-order valence-corrected chi connectivity index (χ0v) is 15.6.